The van der Waals surface area contributed by atoms with Crippen LogP contribution in [-0.2, 0) is 7.05 Å². The summed E-state index contributed by atoms with van der Waals surface area (Å²) in [5.41, 5.74) is 9.07. The molecule has 0 atom stereocenters. The molecule has 0 radical (unpaired) electrons. The number of piperidine rings is 1. The zero-order valence-electron chi connectivity index (χ0n) is 16.1. The van der Waals surface area contributed by atoms with Crippen LogP contribution in [0.25, 0.3) is 17.1 Å². The Morgan fingerprint density at radius 1 is 1.28 bits per heavy atom. The number of allylic oxidation sites excluding steroid dienone is 1. The lowest BCUT2D eigenvalue weighted by atomic mass is 10.0. The number of phenols is 1. The lowest BCUT2D eigenvalue weighted by Crippen LogP contribution is -2.39. The van der Waals surface area contributed by atoms with Crippen LogP contribution in [0.1, 0.15) is 28.8 Å². The summed E-state index contributed by atoms with van der Waals surface area (Å²) in [5.74, 6) is 0.194. The fourth-order valence-electron chi connectivity index (χ4n) is 4.19. The van der Waals surface area contributed by atoms with Crippen molar-refractivity contribution in [3.05, 3.63) is 53.5 Å². The number of carbonyl (C=O) groups excluding carboxylic acids is 1. The molecule has 4 heterocycles. The molecule has 0 aliphatic carbocycles. The SMILES string of the molecule is Cn1cc(/C=C2\Oc3cccc(O)c3C2=O)c2c(N3CCC(N)CC3)ccnc21. The van der Waals surface area contributed by atoms with Gasteiger partial charge in [0, 0.05) is 55.2 Å². The minimum Gasteiger partial charge on any atom is -0.507 e. The number of hydrogen-bond donors (Lipinski definition) is 2. The van der Waals surface area contributed by atoms with Crippen LogP contribution < -0.4 is 15.4 Å². The first-order valence-corrected chi connectivity index (χ1v) is 9.73. The van der Waals surface area contributed by atoms with Crippen molar-refractivity contribution in [2.24, 2.45) is 12.8 Å². The Kier molecular flexibility index (Phi) is 4.06. The van der Waals surface area contributed by atoms with Gasteiger partial charge in [0.15, 0.2) is 5.76 Å². The normalized spacial score (nSPS) is 18.5. The number of anilines is 1. The van der Waals surface area contributed by atoms with Crippen LogP contribution in [0.3, 0.4) is 0 Å². The first-order valence-electron chi connectivity index (χ1n) is 9.73. The summed E-state index contributed by atoms with van der Waals surface area (Å²) in [6.45, 7) is 1.78. The second kappa shape index (κ2) is 6.63. The third-order valence-corrected chi connectivity index (χ3v) is 5.71. The highest BCUT2D eigenvalue weighted by molar-refractivity contribution is 6.17. The molecule has 2 aliphatic rings. The predicted octanol–water partition coefficient (Wildman–Crippen LogP) is 2.82. The van der Waals surface area contributed by atoms with Gasteiger partial charge in [-0.2, -0.15) is 0 Å². The van der Waals surface area contributed by atoms with Gasteiger partial charge >= 0.3 is 0 Å². The minimum atomic E-state index is -0.315. The monoisotopic (exact) mass is 390 g/mol. The van der Waals surface area contributed by atoms with E-state index in [1.165, 1.54) is 6.07 Å². The van der Waals surface area contributed by atoms with Crippen LogP contribution in [0.5, 0.6) is 11.5 Å². The van der Waals surface area contributed by atoms with Crippen LogP contribution in [0.15, 0.2) is 42.4 Å². The number of pyridine rings is 1. The maximum atomic E-state index is 12.8. The molecule has 3 aromatic rings. The number of aryl methyl sites for hydroxylation is 1. The Morgan fingerprint density at radius 2 is 2.07 bits per heavy atom. The first-order chi connectivity index (χ1) is 14.0. The zero-order chi connectivity index (χ0) is 20.1. The van der Waals surface area contributed by atoms with Crippen LogP contribution in [0.2, 0.25) is 0 Å². The number of ketones is 1. The number of phenolic OH excluding ortho intramolecular Hbond substituents is 1. The largest absolute Gasteiger partial charge is 0.507 e. The molecule has 7 heteroatoms. The number of rotatable bonds is 2. The highest BCUT2D eigenvalue weighted by Crippen LogP contribution is 2.39. The lowest BCUT2D eigenvalue weighted by Gasteiger charge is -2.32. The van der Waals surface area contributed by atoms with E-state index in [0.717, 1.165) is 48.2 Å². The Morgan fingerprint density at radius 3 is 2.83 bits per heavy atom. The Hall–Kier alpha value is -3.32. The van der Waals surface area contributed by atoms with E-state index in [1.807, 2.05) is 30.1 Å². The second-order valence-corrected chi connectivity index (χ2v) is 7.64. The standard InChI is InChI=1S/C22H22N4O3/c1-25-12-13(11-18-21(28)20-16(27)3-2-4-17(20)29-18)19-15(5-8-24-22(19)25)26-9-6-14(23)7-10-26/h2-5,8,11-12,14,27H,6-7,9-10,23H2,1H3/b18-11-. The molecule has 1 aromatic carbocycles. The second-order valence-electron chi connectivity index (χ2n) is 7.64. The van der Waals surface area contributed by atoms with E-state index >= 15 is 0 Å². The Balaban J connectivity index is 1.61. The van der Waals surface area contributed by atoms with Gasteiger partial charge in [-0.3, -0.25) is 4.79 Å². The number of nitrogens with two attached hydrogens (primary N) is 1. The van der Waals surface area contributed by atoms with E-state index < -0.39 is 0 Å². The fourth-order valence-corrected chi connectivity index (χ4v) is 4.19. The van der Waals surface area contributed by atoms with Crippen LogP contribution in [-0.4, -0.2) is 39.6 Å². The number of fused-ring (bicyclic) bond motifs is 2. The Labute approximate surface area is 168 Å². The van der Waals surface area contributed by atoms with Gasteiger partial charge in [-0.1, -0.05) is 6.07 Å². The number of aromatic hydroxyl groups is 1. The molecule has 1 saturated heterocycles. The fraction of sp³-hybridized carbons (Fsp3) is 0.273. The van der Waals surface area contributed by atoms with Gasteiger partial charge in [0.25, 0.3) is 0 Å². The van der Waals surface area contributed by atoms with Crippen molar-refractivity contribution in [1.29, 1.82) is 0 Å². The molecule has 3 N–H and O–H groups in total. The predicted molar refractivity (Wildman–Crippen MR) is 111 cm³/mol. The summed E-state index contributed by atoms with van der Waals surface area (Å²) in [6.07, 6.45) is 7.40. The molecule has 29 heavy (non-hydrogen) atoms. The number of aromatic nitrogens is 2. The quantitative estimate of drug-likeness (QED) is 0.654. The summed E-state index contributed by atoms with van der Waals surface area (Å²) in [4.78, 5) is 19.6. The van der Waals surface area contributed by atoms with Crippen molar-refractivity contribution in [2.75, 3.05) is 18.0 Å². The number of ether oxygens (including phenoxy) is 1. The number of benzene rings is 1. The molecule has 0 unspecified atom stereocenters. The van der Waals surface area contributed by atoms with E-state index in [4.69, 9.17) is 10.5 Å². The molecule has 0 bridgehead atoms. The smallest absolute Gasteiger partial charge is 0.235 e. The molecule has 5 rings (SSSR count). The summed E-state index contributed by atoms with van der Waals surface area (Å²) in [5, 5.41) is 11.0. The van der Waals surface area contributed by atoms with E-state index in [9.17, 15) is 9.90 Å². The maximum absolute atomic E-state index is 12.8. The molecule has 7 nitrogen and oxygen atoms in total. The number of nitrogens with zero attached hydrogens (tertiary/aromatic N) is 3. The number of Topliss-reactive ketones (excluding diaryl/α,β-unsaturated/α-hetero) is 1. The topological polar surface area (TPSA) is 93.6 Å². The maximum Gasteiger partial charge on any atom is 0.235 e. The van der Waals surface area contributed by atoms with E-state index in [2.05, 4.69) is 9.88 Å². The number of carbonyl (C=O) groups is 1. The highest BCUT2D eigenvalue weighted by atomic mass is 16.5. The van der Waals surface area contributed by atoms with E-state index in [-0.39, 0.29) is 28.9 Å². The molecule has 2 aliphatic heterocycles. The van der Waals surface area contributed by atoms with Crippen LogP contribution in [0.4, 0.5) is 5.69 Å². The third kappa shape index (κ3) is 2.86. The van der Waals surface area contributed by atoms with Gasteiger partial charge in [-0.15, -0.1) is 0 Å². The van der Waals surface area contributed by atoms with Gasteiger partial charge in [0.1, 0.15) is 22.7 Å². The van der Waals surface area contributed by atoms with Crippen molar-refractivity contribution in [3.63, 3.8) is 0 Å². The average molecular weight is 390 g/mol. The highest BCUT2D eigenvalue weighted by Gasteiger charge is 2.31. The lowest BCUT2D eigenvalue weighted by molar-refractivity contribution is 0.101. The van der Waals surface area contributed by atoms with Crippen LogP contribution in [0, 0.1) is 0 Å². The van der Waals surface area contributed by atoms with Crippen molar-refractivity contribution >= 4 is 28.6 Å². The van der Waals surface area contributed by atoms with Crippen molar-refractivity contribution in [1.82, 2.24) is 9.55 Å². The van der Waals surface area contributed by atoms with Crippen LogP contribution >= 0.6 is 0 Å². The molecule has 1 fully saturated rings. The number of hydrogen-bond acceptors (Lipinski definition) is 6. The van der Waals surface area contributed by atoms with Crippen molar-refractivity contribution in [2.45, 2.75) is 18.9 Å². The third-order valence-electron chi connectivity index (χ3n) is 5.71. The van der Waals surface area contributed by atoms with Gasteiger partial charge in [-0.05, 0) is 37.1 Å². The van der Waals surface area contributed by atoms with Gasteiger partial charge < -0.3 is 25.0 Å². The average Bonchev–Trinajstić information content (AvgIpc) is 3.21. The van der Waals surface area contributed by atoms with E-state index in [0.29, 0.717) is 5.75 Å². The molecular formula is C22H22N4O3. The summed E-state index contributed by atoms with van der Waals surface area (Å²) in [7, 11) is 1.94. The minimum absolute atomic E-state index is 0.0687. The molecule has 148 valence electrons. The summed E-state index contributed by atoms with van der Waals surface area (Å²) in [6, 6.07) is 7.09. The van der Waals surface area contributed by atoms with Crippen molar-refractivity contribution in [3.8, 4) is 11.5 Å². The van der Waals surface area contributed by atoms with Gasteiger partial charge in [0.2, 0.25) is 5.78 Å². The Bertz CT molecular complexity index is 1160. The molecular weight excluding hydrogens is 368 g/mol. The van der Waals surface area contributed by atoms with Gasteiger partial charge in [-0.25, -0.2) is 4.98 Å². The summed E-state index contributed by atoms with van der Waals surface area (Å²) >= 11 is 0. The van der Waals surface area contributed by atoms with E-state index in [1.54, 1.807) is 18.2 Å². The summed E-state index contributed by atoms with van der Waals surface area (Å²) < 4.78 is 7.70. The molecule has 0 saturated carbocycles. The van der Waals surface area contributed by atoms with Gasteiger partial charge in [0.05, 0.1) is 0 Å². The molecule has 0 amide bonds. The molecule has 2 aromatic heterocycles. The van der Waals surface area contributed by atoms with Crippen molar-refractivity contribution < 1.29 is 14.6 Å². The zero-order valence-corrected chi connectivity index (χ0v) is 16.1. The molecule has 0 spiro atoms. The first kappa shape index (κ1) is 17.8.